The summed E-state index contributed by atoms with van der Waals surface area (Å²) in [7, 11) is 0. The second-order valence-electron chi connectivity index (χ2n) is 8.67. The van der Waals surface area contributed by atoms with Crippen molar-refractivity contribution in [2.75, 3.05) is 17.6 Å². The number of likely N-dealkylation sites (tertiary alicyclic amines) is 1. The standard InChI is InChI=1S/C27H26N4O2S2/c1-20-10-9-17-31(20,26(33)28-22-13-5-6-14-24(22)30-15-7-8-16-30)25(32)19-35-27-29-23(18-34-27)21-11-3-2-4-12-21/h2-8,11-16,18,20H,9-10,17,19H2,1H3/p+1/t20-,31?/m1/s1. The lowest BCUT2D eigenvalue weighted by Crippen LogP contribution is -2.61. The average Bonchev–Trinajstić information content (AvgIpc) is 3.65. The van der Waals surface area contributed by atoms with Crippen LogP contribution in [0, 0.1) is 0 Å². The number of nitrogens with one attached hydrogen (secondary N) is 1. The Morgan fingerprint density at radius 2 is 1.83 bits per heavy atom. The van der Waals surface area contributed by atoms with Crippen molar-refractivity contribution in [1.82, 2.24) is 9.55 Å². The number of aromatic nitrogens is 2. The minimum Gasteiger partial charge on any atom is -0.322 e. The number of nitrogens with zero attached hydrogens (tertiary/aromatic N) is 3. The second-order valence-corrected chi connectivity index (χ2v) is 10.7. The van der Waals surface area contributed by atoms with Crippen LogP contribution in [0.15, 0.2) is 88.8 Å². The molecule has 1 unspecified atom stereocenters. The van der Waals surface area contributed by atoms with Gasteiger partial charge in [0.2, 0.25) is 0 Å². The zero-order valence-electron chi connectivity index (χ0n) is 19.5. The van der Waals surface area contributed by atoms with E-state index in [2.05, 4.69) is 5.32 Å². The van der Waals surface area contributed by atoms with Gasteiger partial charge in [-0.3, -0.25) is 5.32 Å². The Labute approximate surface area is 213 Å². The largest absolute Gasteiger partial charge is 0.428 e. The number of anilines is 1. The van der Waals surface area contributed by atoms with Crippen LogP contribution in [-0.2, 0) is 4.79 Å². The van der Waals surface area contributed by atoms with E-state index in [-0.39, 0.29) is 28.2 Å². The van der Waals surface area contributed by atoms with Gasteiger partial charge in [0, 0.05) is 36.2 Å². The van der Waals surface area contributed by atoms with E-state index in [4.69, 9.17) is 4.98 Å². The molecule has 0 radical (unpaired) electrons. The van der Waals surface area contributed by atoms with Crippen LogP contribution in [0.1, 0.15) is 19.8 Å². The number of imide groups is 1. The summed E-state index contributed by atoms with van der Waals surface area (Å²) in [5.74, 6) is 0.131. The smallest absolute Gasteiger partial charge is 0.322 e. The van der Waals surface area contributed by atoms with Gasteiger partial charge in [0.05, 0.1) is 23.6 Å². The fourth-order valence-electron chi connectivity index (χ4n) is 4.68. The molecule has 6 nitrogen and oxygen atoms in total. The molecule has 8 heteroatoms. The molecule has 0 bridgehead atoms. The lowest BCUT2D eigenvalue weighted by molar-refractivity contribution is -0.781. The molecular formula is C27H27N4O2S2+. The predicted octanol–water partition coefficient (Wildman–Crippen LogP) is 6.45. The third-order valence-electron chi connectivity index (χ3n) is 6.59. The summed E-state index contributed by atoms with van der Waals surface area (Å²) in [4.78, 5) is 32.0. The molecule has 3 amide bonds. The molecule has 1 aliphatic rings. The second kappa shape index (κ2) is 10.2. The first kappa shape index (κ1) is 23.5. The molecule has 0 aliphatic carbocycles. The molecule has 2 aromatic carbocycles. The SMILES string of the molecule is C[C@@H]1CCC[N+]1(C(=O)CSc1nc(-c2ccccc2)cs1)C(=O)Nc1ccccc1-n1cccc1. The van der Waals surface area contributed by atoms with Crippen molar-refractivity contribution in [3.8, 4) is 16.9 Å². The number of amides is 3. The summed E-state index contributed by atoms with van der Waals surface area (Å²) in [5, 5.41) is 5.10. The topological polar surface area (TPSA) is 64.0 Å². The Hall–Kier alpha value is -3.20. The van der Waals surface area contributed by atoms with Crippen molar-refractivity contribution in [1.29, 1.82) is 0 Å². The molecule has 5 rings (SSSR count). The summed E-state index contributed by atoms with van der Waals surface area (Å²) in [5.41, 5.74) is 3.52. The third-order valence-corrected chi connectivity index (χ3v) is 8.60. The summed E-state index contributed by atoms with van der Waals surface area (Å²) in [6.45, 7) is 2.52. The Balaban J connectivity index is 1.33. The third kappa shape index (κ3) is 4.69. The summed E-state index contributed by atoms with van der Waals surface area (Å²) in [6.07, 6.45) is 5.57. The van der Waals surface area contributed by atoms with Crippen molar-refractivity contribution < 1.29 is 14.1 Å². The number of hydrogen-bond donors (Lipinski definition) is 1. The van der Waals surface area contributed by atoms with Crippen LogP contribution in [0.3, 0.4) is 0 Å². The van der Waals surface area contributed by atoms with Crippen LogP contribution in [-0.4, -0.2) is 44.3 Å². The highest BCUT2D eigenvalue weighted by molar-refractivity contribution is 8.01. The first-order valence-corrected chi connectivity index (χ1v) is 13.5. The number of thioether (sulfide) groups is 1. The number of thiazole rings is 1. The number of benzene rings is 2. The lowest BCUT2D eigenvalue weighted by atomic mass is 10.2. The fraction of sp³-hybridized carbons (Fsp3) is 0.222. The van der Waals surface area contributed by atoms with E-state index in [1.165, 1.54) is 23.1 Å². The number of rotatable bonds is 6. The van der Waals surface area contributed by atoms with E-state index in [1.54, 1.807) is 0 Å². The zero-order chi connectivity index (χ0) is 24.3. The molecule has 1 fully saturated rings. The Kier molecular flexibility index (Phi) is 6.86. The summed E-state index contributed by atoms with van der Waals surface area (Å²) in [6, 6.07) is 21.2. The van der Waals surface area contributed by atoms with Crippen LogP contribution in [0.4, 0.5) is 10.5 Å². The fourth-order valence-corrected chi connectivity index (χ4v) is 6.47. The molecule has 2 aromatic heterocycles. The van der Waals surface area contributed by atoms with Gasteiger partial charge in [-0.2, -0.15) is 4.48 Å². The molecule has 3 heterocycles. The average molecular weight is 504 g/mol. The highest BCUT2D eigenvalue weighted by Crippen LogP contribution is 2.34. The van der Waals surface area contributed by atoms with Gasteiger partial charge < -0.3 is 4.57 Å². The van der Waals surface area contributed by atoms with E-state index < -0.39 is 0 Å². The molecule has 1 aliphatic heterocycles. The van der Waals surface area contributed by atoms with Crippen LogP contribution in [0.2, 0.25) is 0 Å². The van der Waals surface area contributed by atoms with E-state index >= 15 is 0 Å². The highest BCUT2D eigenvalue weighted by atomic mass is 32.2. The van der Waals surface area contributed by atoms with Gasteiger partial charge in [-0.1, -0.05) is 54.2 Å². The van der Waals surface area contributed by atoms with Crippen LogP contribution in [0.25, 0.3) is 16.9 Å². The molecule has 1 saturated heterocycles. The maximum atomic E-state index is 13.7. The minimum atomic E-state index is -0.260. The van der Waals surface area contributed by atoms with E-state index in [1.807, 2.05) is 96.0 Å². The predicted molar refractivity (Wildman–Crippen MR) is 142 cm³/mol. The first-order chi connectivity index (χ1) is 17.1. The van der Waals surface area contributed by atoms with Gasteiger partial charge in [0.15, 0.2) is 4.34 Å². The summed E-state index contributed by atoms with van der Waals surface area (Å²) >= 11 is 2.94. The van der Waals surface area contributed by atoms with Gasteiger partial charge in [-0.05, 0) is 31.2 Å². The monoisotopic (exact) mass is 503 g/mol. The van der Waals surface area contributed by atoms with Crippen LogP contribution in [0.5, 0.6) is 0 Å². The number of quaternary nitrogens is 1. The van der Waals surface area contributed by atoms with Gasteiger partial charge in [-0.15, -0.1) is 11.3 Å². The molecular weight excluding hydrogens is 476 g/mol. The van der Waals surface area contributed by atoms with Gasteiger partial charge in [-0.25, -0.2) is 14.6 Å². The van der Waals surface area contributed by atoms with E-state index in [0.717, 1.165) is 34.1 Å². The maximum absolute atomic E-state index is 13.7. The number of hydrogen-bond acceptors (Lipinski definition) is 5. The van der Waals surface area contributed by atoms with Gasteiger partial charge in [0.1, 0.15) is 11.8 Å². The minimum absolute atomic E-state index is 0.0713. The van der Waals surface area contributed by atoms with E-state index in [9.17, 15) is 9.59 Å². The molecule has 35 heavy (non-hydrogen) atoms. The molecule has 4 aromatic rings. The van der Waals surface area contributed by atoms with Crippen molar-refractivity contribution in [3.05, 3.63) is 84.5 Å². The van der Waals surface area contributed by atoms with Crippen molar-refractivity contribution in [2.45, 2.75) is 30.1 Å². The van der Waals surface area contributed by atoms with Crippen molar-refractivity contribution >= 4 is 40.7 Å². The molecule has 178 valence electrons. The molecule has 2 atom stereocenters. The molecule has 1 N–H and O–H groups in total. The van der Waals surface area contributed by atoms with Gasteiger partial charge in [0.25, 0.3) is 0 Å². The summed E-state index contributed by atoms with van der Waals surface area (Å²) < 4.78 is 2.61. The number of carbonyl (C=O) groups is 2. The lowest BCUT2D eigenvalue weighted by Gasteiger charge is -2.33. The molecule has 0 spiro atoms. The zero-order valence-corrected chi connectivity index (χ0v) is 21.1. The normalized spacial score (nSPS) is 19.5. The quantitative estimate of drug-likeness (QED) is 0.243. The highest BCUT2D eigenvalue weighted by Gasteiger charge is 2.52. The Morgan fingerprint density at radius 3 is 2.57 bits per heavy atom. The Bertz CT molecular complexity index is 1320. The van der Waals surface area contributed by atoms with Gasteiger partial charge >= 0.3 is 11.9 Å². The van der Waals surface area contributed by atoms with Crippen LogP contribution >= 0.6 is 23.1 Å². The number of carbonyl (C=O) groups excluding carboxylic acids is 2. The maximum Gasteiger partial charge on any atom is 0.428 e. The molecule has 0 saturated carbocycles. The first-order valence-electron chi connectivity index (χ1n) is 11.7. The van der Waals surface area contributed by atoms with Crippen LogP contribution < -0.4 is 5.32 Å². The number of urea groups is 1. The van der Waals surface area contributed by atoms with E-state index in [0.29, 0.717) is 12.2 Å². The number of para-hydroxylation sites is 2. The van der Waals surface area contributed by atoms with Crippen molar-refractivity contribution in [3.63, 3.8) is 0 Å². The Morgan fingerprint density at radius 1 is 1.09 bits per heavy atom. The van der Waals surface area contributed by atoms with Crippen molar-refractivity contribution in [2.24, 2.45) is 0 Å².